The molecule has 2 aromatic carbocycles. The number of amides is 3. The molecule has 2 aliphatic heterocycles. The van der Waals surface area contributed by atoms with Crippen molar-refractivity contribution in [2.45, 2.75) is 24.9 Å². The van der Waals surface area contributed by atoms with E-state index in [9.17, 15) is 9.59 Å². The molecule has 2 aliphatic rings. The van der Waals surface area contributed by atoms with Crippen molar-refractivity contribution in [2.24, 2.45) is 0 Å². The van der Waals surface area contributed by atoms with Gasteiger partial charge in [-0.05, 0) is 42.2 Å². The summed E-state index contributed by atoms with van der Waals surface area (Å²) in [6.07, 6.45) is 3.17. The van der Waals surface area contributed by atoms with E-state index in [1.54, 1.807) is 19.1 Å². The molecule has 2 heterocycles. The first-order valence-electron chi connectivity index (χ1n) is 10.8. The normalized spacial score (nSPS) is 19.2. The first-order chi connectivity index (χ1) is 15.4. The van der Waals surface area contributed by atoms with Crippen LogP contribution in [0.25, 0.3) is 6.08 Å². The van der Waals surface area contributed by atoms with E-state index in [-0.39, 0.29) is 18.5 Å². The van der Waals surface area contributed by atoms with Crippen LogP contribution in [0.15, 0.2) is 59.6 Å². The lowest BCUT2D eigenvalue weighted by Gasteiger charge is -2.40. The summed E-state index contributed by atoms with van der Waals surface area (Å²) in [5.41, 5.74) is 1.19. The molecule has 168 valence electrons. The molecular formula is C25H28ClN3O3. The Labute approximate surface area is 194 Å². The lowest BCUT2D eigenvalue weighted by molar-refractivity contribution is -0.135. The highest BCUT2D eigenvalue weighted by Gasteiger charge is 2.56. The van der Waals surface area contributed by atoms with Crippen molar-refractivity contribution < 1.29 is 14.3 Å². The molecule has 1 spiro atoms. The Hall–Kier alpha value is -2.83. The number of hydrogen-bond donors (Lipinski definition) is 0. The molecular weight excluding hydrogens is 426 g/mol. The summed E-state index contributed by atoms with van der Waals surface area (Å²) in [7, 11) is 3.35. The molecule has 0 radical (unpaired) electrons. The first kappa shape index (κ1) is 22.4. The fourth-order valence-corrected chi connectivity index (χ4v) is 4.81. The van der Waals surface area contributed by atoms with Gasteiger partial charge in [0.1, 0.15) is 11.3 Å². The van der Waals surface area contributed by atoms with Gasteiger partial charge in [0.25, 0.3) is 5.91 Å². The standard InChI is InChI=1S/C25H28ClN3O3/c1-27-24(31)29(17-20-8-10-22(32-2)11-9-20)23(30)25(27)12-14-28(15-13-25)18-21(26)16-19-6-4-3-5-7-19/h3-11,16H,12-15,17-18H2,1-2H3/b21-16-. The Morgan fingerprint density at radius 2 is 1.72 bits per heavy atom. The van der Waals surface area contributed by atoms with Gasteiger partial charge in [-0.2, -0.15) is 0 Å². The maximum absolute atomic E-state index is 13.4. The molecule has 3 amide bonds. The van der Waals surface area contributed by atoms with Gasteiger partial charge >= 0.3 is 6.03 Å². The topological polar surface area (TPSA) is 53.1 Å². The van der Waals surface area contributed by atoms with Crippen molar-refractivity contribution >= 4 is 29.6 Å². The van der Waals surface area contributed by atoms with Gasteiger partial charge in [0.15, 0.2) is 0 Å². The van der Waals surface area contributed by atoms with Crippen molar-refractivity contribution in [2.75, 3.05) is 33.8 Å². The minimum atomic E-state index is -0.768. The zero-order valence-electron chi connectivity index (χ0n) is 18.5. The van der Waals surface area contributed by atoms with Crippen LogP contribution in [-0.2, 0) is 11.3 Å². The molecule has 2 fully saturated rings. The van der Waals surface area contributed by atoms with Gasteiger partial charge < -0.3 is 9.64 Å². The molecule has 7 heteroatoms. The smallest absolute Gasteiger partial charge is 0.327 e. The highest BCUT2D eigenvalue weighted by atomic mass is 35.5. The number of hydrogen-bond acceptors (Lipinski definition) is 4. The Kier molecular flexibility index (Phi) is 6.53. The fourth-order valence-electron chi connectivity index (χ4n) is 4.52. The third-order valence-electron chi connectivity index (χ3n) is 6.48. The first-order valence-corrected chi connectivity index (χ1v) is 11.2. The number of methoxy groups -OCH3 is 1. The number of benzene rings is 2. The van der Waals surface area contributed by atoms with Crippen LogP contribution in [0.3, 0.4) is 0 Å². The summed E-state index contributed by atoms with van der Waals surface area (Å²) in [5.74, 6) is 0.639. The Morgan fingerprint density at radius 3 is 2.34 bits per heavy atom. The number of nitrogens with zero attached hydrogens (tertiary/aromatic N) is 3. The second-order valence-electron chi connectivity index (χ2n) is 8.39. The summed E-state index contributed by atoms with van der Waals surface area (Å²) in [4.78, 5) is 31.6. The van der Waals surface area contributed by atoms with Crippen molar-refractivity contribution in [1.82, 2.24) is 14.7 Å². The number of imide groups is 1. The number of rotatable bonds is 6. The molecule has 6 nitrogen and oxygen atoms in total. The fraction of sp³-hybridized carbons (Fsp3) is 0.360. The average molecular weight is 454 g/mol. The van der Waals surface area contributed by atoms with E-state index in [4.69, 9.17) is 16.3 Å². The van der Waals surface area contributed by atoms with Crippen LogP contribution in [-0.4, -0.2) is 66.0 Å². The Balaban J connectivity index is 1.40. The third kappa shape index (κ3) is 4.38. The van der Waals surface area contributed by atoms with Gasteiger partial charge in [0.05, 0.1) is 13.7 Å². The number of carbonyl (C=O) groups excluding carboxylic acids is 2. The summed E-state index contributed by atoms with van der Waals surface area (Å²) < 4.78 is 5.19. The van der Waals surface area contributed by atoms with E-state index in [1.165, 1.54) is 4.90 Å². The highest BCUT2D eigenvalue weighted by Crippen LogP contribution is 2.37. The quantitative estimate of drug-likeness (QED) is 0.615. The zero-order valence-corrected chi connectivity index (χ0v) is 19.2. The van der Waals surface area contributed by atoms with E-state index < -0.39 is 5.54 Å². The van der Waals surface area contributed by atoms with Gasteiger partial charge in [-0.15, -0.1) is 0 Å². The number of likely N-dealkylation sites (tertiary alicyclic amines) is 1. The molecule has 0 aliphatic carbocycles. The summed E-state index contributed by atoms with van der Waals surface area (Å²) in [5, 5.41) is 0.760. The number of halogens is 1. The molecule has 0 bridgehead atoms. The van der Waals surface area contributed by atoms with Gasteiger partial charge in [-0.25, -0.2) is 4.79 Å². The van der Waals surface area contributed by atoms with Crippen LogP contribution in [0.4, 0.5) is 4.79 Å². The predicted octanol–water partition coefficient (Wildman–Crippen LogP) is 4.20. The van der Waals surface area contributed by atoms with E-state index >= 15 is 0 Å². The van der Waals surface area contributed by atoms with Crippen molar-refractivity contribution in [1.29, 1.82) is 0 Å². The molecule has 2 aromatic rings. The SMILES string of the molecule is COc1ccc(CN2C(=O)N(C)C3(CCN(C/C(Cl)=C/c4ccccc4)CC3)C2=O)cc1. The van der Waals surface area contributed by atoms with Crippen molar-refractivity contribution in [3.05, 3.63) is 70.8 Å². The summed E-state index contributed by atoms with van der Waals surface area (Å²) in [6.45, 7) is 2.31. The summed E-state index contributed by atoms with van der Waals surface area (Å²) >= 11 is 6.49. The molecule has 0 atom stereocenters. The third-order valence-corrected chi connectivity index (χ3v) is 6.71. The average Bonchev–Trinajstić information content (AvgIpc) is 2.98. The number of piperidine rings is 1. The minimum absolute atomic E-state index is 0.105. The summed E-state index contributed by atoms with van der Waals surface area (Å²) in [6, 6.07) is 17.2. The van der Waals surface area contributed by atoms with E-state index in [0.29, 0.717) is 32.5 Å². The van der Waals surface area contributed by atoms with Crippen molar-refractivity contribution in [3.63, 3.8) is 0 Å². The van der Waals surface area contributed by atoms with Crippen LogP contribution in [0, 0.1) is 0 Å². The lowest BCUT2D eigenvalue weighted by atomic mass is 9.86. The molecule has 4 rings (SSSR count). The second kappa shape index (κ2) is 9.35. The number of urea groups is 1. The zero-order chi connectivity index (χ0) is 22.7. The number of carbonyl (C=O) groups is 2. The van der Waals surface area contributed by atoms with Gasteiger partial charge in [-0.3, -0.25) is 14.6 Å². The van der Waals surface area contributed by atoms with Gasteiger partial charge in [-0.1, -0.05) is 54.1 Å². The van der Waals surface area contributed by atoms with Crippen LogP contribution in [0.1, 0.15) is 24.0 Å². The van der Waals surface area contributed by atoms with Crippen LogP contribution < -0.4 is 4.74 Å². The van der Waals surface area contributed by atoms with Crippen LogP contribution in [0.2, 0.25) is 0 Å². The predicted molar refractivity (Wildman–Crippen MR) is 125 cm³/mol. The monoisotopic (exact) mass is 453 g/mol. The largest absolute Gasteiger partial charge is 0.497 e. The number of ether oxygens (including phenoxy) is 1. The van der Waals surface area contributed by atoms with Gasteiger partial charge in [0.2, 0.25) is 0 Å². The van der Waals surface area contributed by atoms with Gasteiger partial charge in [0, 0.05) is 31.7 Å². The maximum Gasteiger partial charge on any atom is 0.327 e. The molecule has 0 unspecified atom stereocenters. The molecule has 2 saturated heterocycles. The number of likely N-dealkylation sites (N-methyl/N-ethyl adjacent to an activating group) is 1. The minimum Gasteiger partial charge on any atom is -0.497 e. The van der Waals surface area contributed by atoms with Crippen LogP contribution in [0.5, 0.6) is 5.75 Å². The molecule has 0 N–H and O–H groups in total. The van der Waals surface area contributed by atoms with Crippen molar-refractivity contribution in [3.8, 4) is 5.75 Å². The molecule has 32 heavy (non-hydrogen) atoms. The maximum atomic E-state index is 13.4. The van der Waals surface area contributed by atoms with E-state index in [0.717, 1.165) is 21.9 Å². The second-order valence-corrected chi connectivity index (χ2v) is 8.88. The molecule has 0 saturated carbocycles. The highest BCUT2D eigenvalue weighted by molar-refractivity contribution is 6.31. The van der Waals surface area contributed by atoms with E-state index in [1.807, 2.05) is 60.7 Å². The van der Waals surface area contributed by atoms with E-state index in [2.05, 4.69) is 4.90 Å². The van der Waals surface area contributed by atoms with Crippen LogP contribution >= 0.6 is 11.6 Å². The Morgan fingerprint density at radius 1 is 1.06 bits per heavy atom. The molecule has 0 aromatic heterocycles. The lowest BCUT2D eigenvalue weighted by Crippen LogP contribution is -2.55. The Bertz CT molecular complexity index is 999.